The van der Waals surface area contributed by atoms with Crippen LogP contribution in [0.3, 0.4) is 0 Å². The number of Topliss-reactive ketones (excluding diaryl/α,β-unsaturated/α-hetero) is 1. The number of ketones is 1. The third kappa shape index (κ3) is 40.7. The smallest absolute Gasteiger partial charge is 0.320 e. The molecule has 0 atom stereocenters. The molecule has 6 N–H and O–H groups in total. The molecule has 0 heterocycles. The number of carbonyl (C=O) groups is 3. The van der Waals surface area contributed by atoms with Crippen molar-refractivity contribution in [1.29, 1.82) is 0 Å². The van der Waals surface area contributed by atoms with Crippen LogP contribution in [0.15, 0.2) is 0 Å². The van der Waals surface area contributed by atoms with Gasteiger partial charge >= 0.3 is 11.9 Å². The molecule has 0 aliphatic heterocycles. The third-order valence-corrected chi connectivity index (χ3v) is 5.65. The largest absolute Gasteiger partial charge is 0.459 e. The molecule has 0 unspecified atom stereocenters. The lowest BCUT2D eigenvalue weighted by Gasteiger charge is -2.20. The fourth-order valence-electron chi connectivity index (χ4n) is 3.98. The Balaban J connectivity index is -0.000000145. The Morgan fingerprint density at radius 3 is 1.28 bits per heavy atom. The summed E-state index contributed by atoms with van der Waals surface area (Å²) >= 11 is 0. The number of ether oxygens (including phenoxy) is 2. The molecule has 3 aliphatic carbocycles. The number of hydrogen-bond donors (Lipinski definition) is 4. The van der Waals surface area contributed by atoms with Gasteiger partial charge < -0.3 is 20.5 Å². The van der Waals surface area contributed by atoms with Crippen LogP contribution >= 0.6 is 12.4 Å². The van der Waals surface area contributed by atoms with E-state index in [-0.39, 0.29) is 36.5 Å². The number of nitrogens with two attached hydrogens (primary N) is 2. The second-order valence-corrected chi connectivity index (χ2v) is 11.6. The number of hydrazine groups is 1. The number of nitrogens with one attached hydrogen (secondary N) is 2. The van der Waals surface area contributed by atoms with Gasteiger partial charge in [-0.05, 0) is 80.1 Å². The molecule has 0 saturated heterocycles. The number of esters is 2. The van der Waals surface area contributed by atoms with Gasteiger partial charge in [-0.15, -0.1) is 12.4 Å². The fraction of sp³-hybridized carbons (Fsp3) is 0.909. The van der Waals surface area contributed by atoms with Crippen LogP contribution in [0, 0.1) is 0 Å². The topological polar surface area (TPSA) is 146 Å². The minimum atomic E-state index is -0.406. The van der Waals surface area contributed by atoms with Gasteiger partial charge in [-0.1, -0.05) is 67.2 Å². The summed E-state index contributed by atoms with van der Waals surface area (Å²) in [6.45, 7) is 23.4. The van der Waals surface area contributed by atoms with Gasteiger partial charge in [0.15, 0.2) is 0 Å². The molecule has 262 valence electrons. The van der Waals surface area contributed by atoms with Crippen molar-refractivity contribution in [1.82, 2.24) is 10.7 Å². The van der Waals surface area contributed by atoms with Gasteiger partial charge in [-0.3, -0.25) is 25.7 Å². The van der Waals surface area contributed by atoms with Gasteiger partial charge in [0.25, 0.3) is 0 Å². The highest BCUT2D eigenvalue weighted by molar-refractivity contribution is 5.85. The minimum Gasteiger partial charge on any atom is -0.459 e. The second-order valence-electron chi connectivity index (χ2n) is 11.6. The normalized spacial score (nSPS) is 15.7. The van der Waals surface area contributed by atoms with Gasteiger partial charge in [-0.2, -0.15) is 0 Å². The Morgan fingerprint density at radius 2 is 1.05 bits per heavy atom. The molecule has 9 nitrogen and oxygen atoms in total. The van der Waals surface area contributed by atoms with E-state index in [0.717, 1.165) is 25.7 Å². The number of rotatable bonds is 5. The molecule has 0 bridgehead atoms. The van der Waals surface area contributed by atoms with E-state index in [1.165, 1.54) is 51.4 Å². The molecule has 3 saturated carbocycles. The second kappa shape index (κ2) is 33.6. The maximum atomic E-state index is 11.3. The predicted octanol–water partition coefficient (Wildman–Crippen LogP) is 7.17. The molecule has 0 aromatic rings. The molecule has 0 radical (unpaired) electrons. The van der Waals surface area contributed by atoms with Gasteiger partial charge in [0, 0.05) is 24.9 Å². The van der Waals surface area contributed by atoms with E-state index in [4.69, 9.17) is 21.1 Å². The molecular formula is C33H73ClN4O5. The van der Waals surface area contributed by atoms with Crippen LogP contribution in [-0.2, 0) is 23.9 Å². The van der Waals surface area contributed by atoms with E-state index in [0.29, 0.717) is 24.4 Å². The average Bonchev–Trinajstić information content (AvgIpc) is 3.75. The third-order valence-electron chi connectivity index (χ3n) is 5.65. The molecule has 3 rings (SSSR count). The van der Waals surface area contributed by atoms with Gasteiger partial charge in [0.05, 0.1) is 13.1 Å². The van der Waals surface area contributed by atoms with Gasteiger partial charge in [-0.25, -0.2) is 0 Å². The van der Waals surface area contributed by atoms with E-state index in [1.807, 2.05) is 62.3 Å². The summed E-state index contributed by atoms with van der Waals surface area (Å²) < 4.78 is 10.0. The van der Waals surface area contributed by atoms with Crippen LogP contribution in [0.2, 0.25) is 0 Å². The van der Waals surface area contributed by atoms with Crippen LogP contribution in [0.25, 0.3) is 0 Å². The van der Waals surface area contributed by atoms with Crippen LogP contribution in [0.1, 0.15) is 160 Å². The fourth-order valence-corrected chi connectivity index (χ4v) is 3.98. The zero-order chi connectivity index (χ0) is 33.6. The summed E-state index contributed by atoms with van der Waals surface area (Å²) in [7, 11) is 0. The standard InChI is InChI=1S/C11H21NO2.C6H13NO2.C5H12N2.C5H8O.3C2H6.ClH/c1-11(2,3)14-10(13)8-12-9-6-4-5-7-9;1-6(2,3)9-5(8)4-7;6-7-5-3-1-2-4-5;6-5-3-1-2-4-5;3*1-2;/h9,12H,4-8H2,1-3H3;4,7H2,1-3H3;5,7H,1-4,6H2;1-4H2;3*1-2H3;1H. The summed E-state index contributed by atoms with van der Waals surface area (Å²) in [6, 6.07) is 1.16. The van der Waals surface area contributed by atoms with Crippen LogP contribution in [-0.4, -0.2) is 54.1 Å². The van der Waals surface area contributed by atoms with Gasteiger partial charge in [0.2, 0.25) is 0 Å². The van der Waals surface area contributed by atoms with Gasteiger partial charge in [0.1, 0.15) is 17.0 Å². The number of halogens is 1. The Hall–Kier alpha value is -1.26. The van der Waals surface area contributed by atoms with Crippen molar-refractivity contribution in [2.75, 3.05) is 13.1 Å². The van der Waals surface area contributed by atoms with Crippen LogP contribution in [0.4, 0.5) is 0 Å². The van der Waals surface area contributed by atoms with Crippen molar-refractivity contribution in [3.05, 3.63) is 0 Å². The monoisotopic (exact) mass is 641 g/mol. The summed E-state index contributed by atoms with van der Waals surface area (Å²) in [6.07, 6.45) is 14.2. The summed E-state index contributed by atoms with van der Waals surface area (Å²) in [5, 5.41) is 3.23. The minimum absolute atomic E-state index is 0. The first kappa shape index (κ1) is 51.3. The molecule has 3 aliphatic rings. The molecular weight excluding hydrogens is 568 g/mol. The number of carbonyl (C=O) groups excluding carboxylic acids is 3. The Labute approximate surface area is 272 Å². The molecule has 43 heavy (non-hydrogen) atoms. The van der Waals surface area contributed by atoms with Crippen molar-refractivity contribution in [3.8, 4) is 0 Å². The molecule has 10 heteroatoms. The van der Waals surface area contributed by atoms with Crippen LogP contribution < -0.4 is 22.3 Å². The average molecular weight is 641 g/mol. The zero-order valence-corrected chi connectivity index (χ0v) is 31.0. The van der Waals surface area contributed by atoms with E-state index in [2.05, 4.69) is 10.7 Å². The SMILES string of the molecule is CC.CC.CC.CC(C)(C)OC(=O)CN.CC(C)(C)OC(=O)CNC1CCCC1.Cl.NNC1CCCC1.O=C1CCCC1. The van der Waals surface area contributed by atoms with E-state index in [9.17, 15) is 14.4 Å². The van der Waals surface area contributed by atoms with Crippen molar-refractivity contribution in [3.63, 3.8) is 0 Å². The van der Waals surface area contributed by atoms with Crippen LogP contribution in [0.5, 0.6) is 0 Å². The van der Waals surface area contributed by atoms with E-state index >= 15 is 0 Å². The maximum Gasteiger partial charge on any atom is 0.320 e. The highest BCUT2D eigenvalue weighted by Gasteiger charge is 2.19. The van der Waals surface area contributed by atoms with Crippen molar-refractivity contribution in [2.24, 2.45) is 11.6 Å². The first-order valence-corrected chi connectivity index (χ1v) is 16.6. The lowest BCUT2D eigenvalue weighted by molar-refractivity contribution is -0.154. The lowest BCUT2D eigenvalue weighted by Crippen LogP contribution is -2.35. The molecule has 0 aromatic carbocycles. The lowest BCUT2D eigenvalue weighted by atomic mass is 10.2. The first-order valence-electron chi connectivity index (χ1n) is 16.6. The van der Waals surface area contributed by atoms with Crippen molar-refractivity contribution in [2.45, 2.75) is 183 Å². The summed E-state index contributed by atoms with van der Waals surface area (Å²) in [5.74, 6) is 5.13. The highest BCUT2D eigenvalue weighted by atomic mass is 35.5. The van der Waals surface area contributed by atoms with Crippen molar-refractivity contribution < 1.29 is 23.9 Å². The molecule has 0 amide bonds. The predicted molar refractivity (Wildman–Crippen MR) is 185 cm³/mol. The summed E-state index contributed by atoms with van der Waals surface area (Å²) in [4.78, 5) is 32.1. The quantitative estimate of drug-likeness (QED) is 0.139. The Morgan fingerprint density at radius 1 is 0.698 bits per heavy atom. The van der Waals surface area contributed by atoms with E-state index in [1.54, 1.807) is 20.8 Å². The van der Waals surface area contributed by atoms with E-state index < -0.39 is 5.60 Å². The first-order chi connectivity index (χ1) is 19.8. The number of hydrogen-bond acceptors (Lipinski definition) is 9. The van der Waals surface area contributed by atoms with Crippen molar-refractivity contribution >= 4 is 30.1 Å². The molecule has 0 spiro atoms. The summed E-state index contributed by atoms with van der Waals surface area (Å²) in [5.41, 5.74) is 7.00. The molecule has 0 aromatic heterocycles. The Kier molecular flexibility index (Phi) is 40.1. The maximum absolute atomic E-state index is 11.3. The zero-order valence-electron chi connectivity index (χ0n) is 30.2. The Bertz CT molecular complexity index is 618. The highest BCUT2D eigenvalue weighted by Crippen LogP contribution is 2.17. The molecule has 3 fully saturated rings.